The molecular weight excluding hydrogens is 296 g/mol. The molecule has 0 aromatic heterocycles. The van der Waals surface area contributed by atoms with E-state index in [1.165, 1.54) is 24.4 Å². The molecule has 3 rings (SSSR count). The first-order valence-electron chi connectivity index (χ1n) is 6.97. The lowest BCUT2D eigenvalue weighted by Gasteiger charge is -2.06. The summed E-state index contributed by atoms with van der Waals surface area (Å²) >= 11 is 0. The molecule has 7 nitrogen and oxygen atoms in total. The second-order valence-electron chi connectivity index (χ2n) is 5.03. The van der Waals surface area contributed by atoms with Crippen LogP contribution < -0.4 is 5.43 Å². The molecule has 0 spiro atoms. The lowest BCUT2D eigenvalue weighted by Crippen LogP contribution is -2.19. The number of carbonyl (C=O) groups is 1. The van der Waals surface area contributed by atoms with Crippen LogP contribution in [0.2, 0.25) is 0 Å². The van der Waals surface area contributed by atoms with Crippen LogP contribution in [-0.4, -0.2) is 22.3 Å². The summed E-state index contributed by atoms with van der Waals surface area (Å²) in [6.07, 6.45) is 1.44. The molecule has 1 atom stereocenters. The smallest absolute Gasteiger partial charge is 0.242 e. The summed E-state index contributed by atoms with van der Waals surface area (Å²) in [6.45, 7) is 0. The SMILES string of the molecule is O=C(CC1N=Nc2ccccc21)N/N=C/c1ccc(O)cc1O. The third-order valence-corrected chi connectivity index (χ3v) is 3.39. The number of azo groups is 1. The van der Waals surface area contributed by atoms with Crippen molar-refractivity contribution in [3.8, 4) is 11.5 Å². The fourth-order valence-electron chi connectivity index (χ4n) is 2.24. The van der Waals surface area contributed by atoms with Crippen molar-refractivity contribution in [2.75, 3.05) is 0 Å². The van der Waals surface area contributed by atoms with E-state index in [-0.39, 0.29) is 29.9 Å². The summed E-state index contributed by atoms with van der Waals surface area (Å²) in [4.78, 5) is 11.9. The van der Waals surface area contributed by atoms with Crippen LogP contribution in [0, 0.1) is 0 Å². The Labute approximate surface area is 132 Å². The molecule has 0 radical (unpaired) electrons. The van der Waals surface area contributed by atoms with Crippen molar-refractivity contribution in [1.29, 1.82) is 0 Å². The first kappa shape index (κ1) is 14.7. The number of rotatable bonds is 4. The topological polar surface area (TPSA) is 107 Å². The van der Waals surface area contributed by atoms with Crippen molar-refractivity contribution in [2.45, 2.75) is 12.5 Å². The van der Waals surface area contributed by atoms with Gasteiger partial charge in [0.1, 0.15) is 17.5 Å². The highest BCUT2D eigenvalue weighted by molar-refractivity contribution is 5.85. The van der Waals surface area contributed by atoms with Gasteiger partial charge < -0.3 is 10.2 Å². The zero-order valence-corrected chi connectivity index (χ0v) is 12.0. The van der Waals surface area contributed by atoms with Crippen molar-refractivity contribution in [2.24, 2.45) is 15.3 Å². The fourth-order valence-corrected chi connectivity index (χ4v) is 2.24. The average molecular weight is 310 g/mol. The van der Waals surface area contributed by atoms with Crippen LogP contribution in [0.4, 0.5) is 5.69 Å². The number of phenolic OH excluding ortho intramolecular Hbond substituents is 2. The van der Waals surface area contributed by atoms with E-state index in [4.69, 9.17) is 0 Å². The second kappa shape index (κ2) is 6.27. The summed E-state index contributed by atoms with van der Waals surface area (Å²) in [5.74, 6) is -0.476. The number of hydrazone groups is 1. The van der Waals surface area contributed by atoms with Gasteiger partial charge in [-0.3, -0.25) is 4.79 Å². The lowest BCUT2D eigenvalue weighted by molar-refractivity contribution is -0.121. The predicted octanol–water partition coefficient (Wildman–Crippen LogP) is 2.78. The Kier molecular flexibility index (Phi) is 4.01. The van der Waals surface area contributed by atoms with Gasteiger partial charge in [-0.05, 0) is 18.2 Å². The van der Waals surface area contributed by atoms with E-state index >= 15 is 0 Å². The van der Waals surface area contributed by atoms with Gasteiger partial charge in [0, 0.05) is 17.2 Å². The number of amides is 1. The normalized spacial score (nSPS) is 15.7. The Morgan fingerprint density at radius 1 is 1.26 bits per heavy atom. The minimum atomic E-state index is -0.305. The Bertz CT molecular complexity index is 802. The van der Waals surface area contributed by atoms with Gasteiger partial charge in [0.25, 0.3) is 0 Å². The van der Waals surface area contributed by atoms with Crippen molar-refractivity contribution in [1.82, 2.24) is 5.43 Å². The van der Waals surface area contributed by atoms with Gasteiger partial charge in [-0.1, -0.05) is 18.2 Å². The molecule has 0 saturated heterocycles. The number of fused-ring (bicyclic) bond motifs is 1. The van der Waals surface area contributed by atoms with Crippen molar-refractivity contribution in [3.05, 3.63) is 53.6 Å². The second-order valence-corrected chi connectivity index (χ2v) is 5.03. The molecule has 7 heteroatoms. The molecule has 1 aliphatic heterocycles. The number of hydrogen-bond acceptors (Lipinski definition) is 6. The molecule has 0 fully saturated rings. The molecule has 2 aromatic rings. The molecule has 1 heterocycles. The summed E-state index contributed by atoms with van der Waals surface area (Å²) in [5, 5.41) is 30.7. The Balaban J connectivity index is 1.58. The van der Waals surface area contributed by atoms with E-state index in [9.17, 15) is 15.0 Å². The molecule has 3 N–H and O–H groups in total. The van der Waals surface area contributed by atoms with Crippen LogP contribution in [0.5, 0.6) is 11.5 Å². The standard InChI is InChI=1S/C16H14N4O3/c21-11-6-5-10(15(22)7-11)9-17-20-16(23)8-14-12-3-1-2-4-13(12)18-19-14/h1-7,9,14,21-22H,8H2,(H,20,23)/b17-9+. The third-order valence-electron chi connectivity index (χ3n) is 3.39. The van der Waals surface area contributed by atoms with Gasteiger partial charge >= 0.3 is 0 Å². The number of nitrogens with zero attached hydrogens (tertiary/aromatic N) is 3. The van der Waals surface area contributed by atoms with E-state index in [1.807, 2.05) is 24.3 Å². The van der Waals surface area contributed by atoms with Crippen molar-refractivity contribution < 1.29 is 15.0 Å². The van der Waals surface area contributed by atoms with Crippen molar-refractivity contribution in [3.63, 3.8) is 0 Å². The minimum absolute atomic E-state index is 0.0473. The Morgan fingerprint density at radius 2 is 2.09 bits per heavy atom. The highest BCUT2D eigenvalue weighted by atomic mass is 16.3. The highest BCUT2D eigenvalue weighted by Crippen LogP contribution is 2.36. The molecule has 0 bridgehead atoms. The molecule has 0 saturated carbocycles. The molecule has 0 aliphatic carbocycles. The highest BCUT2D eigenvalue weighted by Gasteiger charge is 2.22. The van der Waals surface area contributed by atoms with E-state index < -0.39 is 0 Å². The maximum absolute atomic E-state index is 11.9. The number of hydrogen-bond donors (Lipinski definition) is 3. The zero-order valence-electron chi connectivity index (χ0n) is 12.0. The van der Waals surface area contributed by atoms with Crippen molar-refractivity contribution >= 4 is 17.8 Å². The Hall–Kier alpha value is -3.22. The van der Waals surface area contributed by atoms with Gasteiger partial charge in [-0.2, -0.15) is 15.3 Å². The summed E-state index contributed by atoms with van der Waals surface area (Å²) < 4.78 is 0. The molecule has 116 valence electrons. The van der Waals surface area contributed by atoms with E-state index in [1.54, 1.807) is 0 Å². The van der Waals surface area contributed by atoms with E-state index in [0.29, 0.717) is 5.56 Å². The van der Waals surface area contributed by atoms with Gasteiger partial charge in [0.2, 0.25) is 5.91 Å². The largest absolute Gasteiger partial charge is 0.508 e. The molecule has 2 aromatic carbocycles. The third kappa shape index (κ3) is 3.34. The van der Waals surface area contributed by atoms with Crippen LogP contribution in [-0.2, 0) is 4.79 Å². The summed E-state index contributed by atoms with van der Waals surface area (Å²) in [5.41, 5.74) is 4.47. The zero-order chi connectivity index (χ0) is 16.2. The fraction of sp³-hybridized carbons (Fsp3) is 0.125. The first-order valence-corrected chi connectivity index (χ1v) is 6.97. The maximum atomic E-state index is 11.9. The molecule has 1 unspecified atom stereocenters. The van der Waals surface area contributed by atoms with Gasteiger partial charge in [-0.15, -0.1) is 0 Å². The maximum Gasteiger partial charge on any atom is 0.242 e. The number of nitrogens with one attached hydrogen (secondary N) is 1. The van der Waals surface area contributed by atoms with E-state index in [2.05, 4.69) is 20.8 Å². The molecular formula is C16H14N4O3. The van der Waals surface area contributed by atoms with Crippen LogP contribution in [0.3, 0.4) is 0 Å². The van der Waals surface area contributed by atoms with Crippen LogP contribution in [0.1, 0.15) is 23.6 Å². The van der Waals surface area contributed by atoms with Crippen LogP contribution in [0.15, 0.2) is 57.8 Å². The van der Waals surface area contributed by atoms with Gasteiger partial charge in [0.05, 0.1) is 18.3 Å². The molecule has 1 aliphatic rings. The Morgan fingerprint density at radius 3 is 2.91 bits per heavy atom. The first-order chi connectivity index (χ1) is 11.1. The van der Waals surface area contributed by atoms with Crippen LogP contribution in [0.25, 0.3) is 0 Å². The summed E-state index contributed by atoms with van der Waals surface area (Å²) in [6, 6.07) is 11.3. The average Bonchev–Trinajstić information content (AvgIpc) is 2.93. The van der Waals surface area contributed by atoms with E-state index in [0.717, 1.165) is 11.3 Å². The molecule has 1 amide bonds. The predicted molar refractivity (Wildman–Crippen MR) is 83.8 cm³/mol. The summed E-state index contributed by atoms with van der Waals surface area (Å²) in [7, 11) is 0. The minimum Gasteiger partial charge on any atom is -0.508 e. The monoisotopic (exact) mass is 310 g/mol. The number of aromatic hydroxyl groups is 2. The van der Waals surface area contributed by atoms with Gasteiger partial charge in [-0.25, -0.2) is 5.43 Å². The number of benzene rings is 2. The number of phenols is 2. The molecule has 23 heavy (non-hydrogen) atoms. The quantitative estimate of drug-likeness (QED) is 0.597. The number of carbonyl (C=O) groups excluding carboxylic acids is 1. The lowest BCUT2D eigenvalue weighted by atomic mass is 10.0. The van der Waals surface area contributed by atoms with Crippen LogP contribution >= 0.6 is 0 Å². The van der Waals surface area contributed by atoms with Gasteiger partial charge in [0.15, 0.2) is 0 Å².